The number of hydrogen-bond donors (Lipinski definition) is 1. The second-order valence-electron chi connectivity index (χ2n) is 3.20. The monoisotopic (exact) mass is 215 g/mol. The predicted molar refractivity (Wildman–Crippen MR) is 62.6 cm³/mol. The summed E-state index contributed by atoms with van der Waals surface area (Å²) in [5.74, 6) is 1.46. The topological polar surface area (TPSA) is 21.3 Å². The number of rotatable bonds is 4. The van der Waals surface area contributed by atoms with Gasteiger partial charge < -0.3 is 10.1 Å². The van der Waals surface area contributed by atoms with Crippen molar-refractivity contribution in [1.29, 1.82) is 0 Å². The molecule has 2 nitrogen and oxygen atoms in total. The molecule has 1 rings (SSSR count). The first-order chi connectivity index (χ1) is 6.29. The van der Waals surface area contributed by atoms with Crippen LogP contribution in [0, 0.1) is 0 Å². The number of ether oxygens (including phenoxy) is 1. The average molecular weight is 216 g/mol. The Bertz CT molecular complexity index is 265. The fourth-order valence-electron chi connectivity index (χ4n) is 1.49. The van der Waals surface area contributed by atoms with Crippen LogP contribution in [0.25, 0.3) is 0 Å². The molecule has 0 saturated heterocycles. The van der Waals surface area contributed by atoms with Gasteiger partial charge in [-0.15, -0.1) is 12.4 Å². The number of nitrogens with one attached hydrogen (secondary N) is 1. The molecule has 80 valence electrons. The van der Waals surface area contributed by atoms with Crippen LogP contribution in [0.5, 0.6) is 5.75 Å². The lowest BCUT2D eigenvalue weighted by Gasteiger charge is -2.14. The Hall–Kier alpha value is -0.730. The zero-order valence-corrected chi connectivity index (χ0v) is 9.73. The molecule has 14 heavy (non-hydrogen) atoms. The Morgan fingerprint density at radius 1 is 1.36 bits per heavy atom. The van der Waals surface area contributed by atoms with Gasteiger partial charge in [-0.05, 0) is 24.6 Å². The van der Waals surface area contributed by atoms with Gasteiger partial charge in [0.15, 0.2) is 0 Å². The highest BCUT2D eigenvalue weighted by atomic mass is 35.5. The van der Waals surface area contributed by atoms with Crippen molar-refractivity contribution in [2.75, 3.05) is 20.7 Å². The number of para-hydroxylation sites is 1. The van der Waals surface area contributed by atoms with Crippen LogP contribution in [-0.4, -0.2) is 20.7 Å². The lowest BCUT2D eigenvalue weighted by Crippen LogP contribution is -2.15. The summed E-state index contributed by atoms with van der Waals surface area (Å²) < 4.78 is 5.29. The van der Waals surface area contributed by atoms with Crippen LogP contribution < -0.4 is 10.1 Å². The molecule has 0 aromatic heterocycles. The molecular formula is C11H18ClNO. The van der Waals surface area contributed by atoms with Gasteiger partial charge in [0.25, 0.3) is 0 Å². The molecule has 0 amide bonds. The van der Waals surface area contributed by atoms with Gasteiger partial charge in [0.05, 0.1) is 7.11 Å². The van der Waals surface area contributed by atoms with E-state index in [0.29, 0.717) is 5.92 Å². The van der Waals surface area contributed by atoms with E-state index in [1.54, 1.807) is 7.11 Å². The van der Waals surface area contributed by atoms with Crippen molar-refractivity contribution in [3.8, 4) is 5.75 Å². The normalized spacial score (nSPS) is 11.6. The van der Waals surface area contributed by atoms with Crippen LogP contribution in [0.3, 0.4) is 0 Å². The van der Waals surface area contributed by atoms with E-state index in [1.165, 1.54) is 5.56 Å². The van der Waals surface area contributed by atoms with Crippen LogP contribution in [-0.2, 0) is 0 Å². The minimum atomic E-state index is 0. The molecule has 0 aliphatic carbocycles. The molecule has 1 aromatic carbocycles. The van der Waals surface area contributed by atoms with Crippen LogP contribution in [0.15, 0.2) is 24.3 Å². The molecule has 0 radical (unpaired) electrons. The highest BCUT2D eigenvalue weighted by molar-refractivity contribution is 5.85. The van der Waals surface area contributed by atoms with Gasteiger partial charge in [0.2, 0.25) is 0 Å². The molecule has 3 heteroatoms. The lowest BCUT2D eigenvalue weighted by atomic mass is 10.0. The lowest BCUT2D eigenvalue weighted by molar-refractivity contribution is 0.406. The van der Waals surface area contributed by atoms with Crippen molar-refractivity contribution in [3.63, 3.8) is 0 Å². The summed E-state index contributed by atoms with van der Waals surface area (Å²) in [5.41, 5.74) is 1.26. The Morgan fingerprint density at radius 3 is 2.57 bits per heavy atom. The number of halogens is 1. The van der Waals surface area contributed by atoms with Gasteiger partial charge in [0, 0.05) is 6.54 Å². The van der Waals surface area contributed by atoms with Gasteiger partial charge >= 0.3 is 0 Å². The highest BCUT2D eigenvalue weighted by Crippen LogP contribution is 2.25. The number of likely N-dealkylation sites (N-methyl/N-ethyl adjacent to an activating group) is 1. The molecule has 0 heterocycles. The number of hydrogen-bond acceptors (Lipinski definition) is 2. The summed E-state index contributed by atoms with van der Waals surface area (Å²) >= 11 is 0. The van der Waals surface area contributed by atoms with Gasteiger partial charge in [0.1, 0.15) is 5.75 Å². The first-order valence-electron chi connectivity index (χ1n) is 4.57. The van der Waals surface area contributed by atoms with E-state index in [4.69, 9.17) is 4.74 Å². The Balaban J connectivity index is 0.00000169. The number of benzene rings is 1. The fraction of sp³-hybridized carbons (Fsp3) is 0.455. The molecule has 1 aromatic rings. The summed E-state index contributed by atoms with van der Waals surface area (Å²) in [5, 5.41) is 3.16. The maximum absolute atomic E-state index is 5.29. The van der Waals surface area contributed by atoms with Crippen molar-refractivity contribution in [2.45, 2.75) is 12.8 Å². The zero-order valence-electron chi connectivity index (χ0n) is 8.91. The van der Waals surface area contributed by atoms with Crippen molar-refractivity contribution < 1.29 is 4.74 Å². The predicted octanol–water partition coefficient (Wildman–Crippen LogP) is 2.44. The third-order valence-corrected chi connectivity index (χ3v) is 2.18. The van der Waals surface area contributed by atoms with Crippen LogP contribution in [0.4, 0.5) is 0 Å². The molecule has 0 spiro atoms. The molecule has 0 bridgehead atoms. The maximum atomic E-state index is 5.29. The van der Waals surface area contributed by atoms with E-state index < -0.39 is 0 Å². The average Bonchev–Trinajstić information content (AvgIpc) is 2.18. The van der Waals surface area contributed by atoms with Crippen molar-refractivity contribution in [2.24, 2.45) is 0 Å². The summed E-state index contributed by atoms with van der Waals surface area (Å²) in [4.78, 5) is 0. The fourth-order valence-corrected chi connectivity index (χ4v) is 1.49. The van der Waals surface area contributed by atoms with Gasteiger partial charge in [-0.1, -0.05) is 25.1 Å². The molecule has 0 aliphatic heterocycles. The summed E-state index contributed by atoms with van der Waals surface area (Å²) in [6, 6.07) is 8.15. The minimum Gasteiger partial charge on any atom is -0.496 e. The van der Waals surface area contributed by atoms with Crippen molar-refractivity contribution >= 4 is 12.4 Å². The Kier molecular flexibility index (Phi) is 6.34. The molecule has 0 fully saturated rings. The Morgan fingerprint density at radius 2 is 2.00 bits per heavy atom. The first-order valence-corrected chi connectivity index (χ1v) is 4.57. The van der Waals surface area contributed by atoms with Gasteiger partial charge in [-0.2, -0.15) is 0 Å². The molecular weight excluding hydrogens is 198 g/mol. The second-order valence-corrected chi connectivity index (χ2v) is 3.20. The summed E-state index contributed by atoms with van der Waals surface area (Å²) in [6.45, 7) is 3.16. The summed E-state index contributed by atoms with van der Waals surface area (Å²) in [7, 11) is 3.68. The highest BCUT2D eigenvalue weighted by Gasteiger charge is 2.08. The molecule has 0 saturated carbocycles. The van der Waals surface area contributed by atoms with Crippen LogP contribution >= 0.6 is 12.4 Å². The van der Waals surface area contributed by atoms with E-state index in [1.807, 2.05) is 25.2 Å². The smallest absolute Gasteiger partial charge is 0.122 e. The molecule has 1 atom stereocenters. The van der Waals surface area contributed by atoms with E-state index >= 15 is 0 Å². The van der Waals surface area contributed by atoms with Crippen LogP contribution in [0.1, 0.15) is 18.4 Å². The Labute approximate surface area is 92.1 Å². The first kappa shape index (κ1) is 13.3. The van der Waals surface area contributed by atoms with Gasteiger partial charge in [-0.3, -0.25) is 0 Å². The van der Waals surface area contributed by atoms with Gasteiger partial charge in [-0.25, -0.2) is 0 Å². The largest absolute Gasteiger partial charge is 0.496 e. The zero-order chi connectivity index (χ0) is 9.68. The molecule has 0 aliphatic rings. The standard InChI is InChI=1S/C11H17NO.ClH/c1-9(8-12-2)10-6-4-5-7-11(10)13-3;/h4-7,9,12H,8H2,1-3H3;1H. The van der Waals surface area contributed by atoms with E-state index in [9.17, 15) is 0 Å². The molecule has 1 unspecified atom stereocenters. The van der Waals surface area contributed by atoms with E-state index in [0.717, 1.165) is 12.3 Å². The van der Waals surface area contributed by atoms with Crippen molar-refractivity contribution in [1.82, 2.24) is 5.32 Å². The van der Waals surface area contributed by atoms with E-state index in [-0.39, 0.29) is 12.4 Å². The van der Waals surface area contributed by atoms with Crippen molar-refractivity contribution in [3.05, 3.63) is 29.8 Å². The molecule has 1 N–H and O–H groups in total. The quantitative estimate of drug-likeness (QED) is 0.833. The SMILES string of the molecule is CNCC(C)c1ccccc1OC.Cl. The van der Waals surface area contributed by atoms with Crippen LogP contribution in [0.2, 0.25) is 0 Å². The minimum absolute atomic E-state index is 0. The third-order valence-electron chi connectivity index (χ3n) is 2.18. The number of methoxy groups -OCH3 is 1. The summed E-state index contributed by atoms with van der Waals surface area (Å²) in [6.07, 6.45) is 0. The van der Waals surface area contributed by atoms with E-state index in [2.05, 4.69) is 18.3 Å². The second kappa shape index (κ2) is 6.68. The maximum Gasteiger partial charge on any atom is 0.122 e. The third kappa shape index (κ3) is 3.20.